The standard InChI is InChI=1S/C26H20BrFO4/c1-2-30-25-14-17(7-12-23(25)31-16-19-5-3-4-6-22(19)28)13-20-15-24(32-26(20)29)18-8-10-21(27)11-9-18/h3-15H,2,16H2,1H3/b20-13+. The van der Waals surface area contributed by atoms with Crippen molar-refractivity contribution in [3.05, 3.63) is 105 Å². The van der Waals surface area contributed by atoms with E-state index >= 15 is 0 Å². The van der Waals surface area contributed by atoms with Crippen molar-refractivity contribution in [2.75, 3.05) is 6.61 Å². The van der Waals surface area contributed by atoms with E-state index in [0.29, 0.717) is 35.0 Å². The highest BCUT2D eigenvalue weighted by Crippen LogP contribution is 2.32. The molecule has 0 atom stereocenters. The maximum atomic E-state index is 13.9. The molecular weight excluding hydrogens is 475 g/mol. The van der Waals surface area contributed by atoms with Gasteiger partial charge in [0.15, 0.2) is 11.5 Å². The van der Waals surface area contributed by atoms with Gasteiger partial charge < -0.3 is 14.2 Å². The van der Waals surface area contributed by atoms with Gasteiger partial charge in [0, 0.05) is 15.6 Å². The first kappa shape index (κ1) is 21.8. The molecule has 0 bridgehead atoms. The van der Waals surface area contributed by atoms with E-state index in [2.05, 4.69) is 15.9 Å². The van der Waals surface area contributed by atoms with Crippen LogP contribution in [0.25, 0.3) is 11.8 Å². The molecule has 6 heteroatoms. The molecule has 0 N–H and O–H groups in total. The minimum Gasteiger partial charge on any atom is -0.490 e. The van der Waals surface area contributed by atoms with E-state index in [1.54, 1.807) is 42.5 Å². The topological polar surface area (TPSA) is 44.8 Å². The predicted molar refractivity (Wildman–Crippen MR) is 125 cm³/mol. The number of hydrogen-bond donors (Lipinski definition) is 0. The number of halogens is 2. The minimum absolute atomic E-state index is 0.0821. The van der Waals surface area contributed by atoms with Gasteiger partial charge in [-0.05, 0) is 55.0 Å². The first-order valence-electron chi connectivity index (χ1n) is 10.1. The third-order valence-corrected chi connectivity index (χ3v) is 5.31. The molecule has 4 nitrogen and oxygen atoms in total. The maximum Gasteiger partial charge on any atom is 0.343 e. The van der Waals surface area contributed by atoms with Crippen molar-refractivity contribution >= 4 is 33.7 Å². The van der Waals surface area contributed by atoms with Crippen molar-refractivity contribution in [3.63, 3.8) is 0 Å². The molecule has 1 aliphatic heterocycles. The third kappa shape index (κ3) is 5.08. The summed E-state index contributed by atoms with van der Waals surface area (Å²) in [5.74, 6) is 0.781. The molecule has 0 saturated carbocycles. The van der Waals surface area contributed by atoms with Gasteiger partial charge in [-0.15, -0.1) is 0 Å². The number of cyclic esters (lactones) is 1. The smallest absolute Gasteiger partial charge is 0.343 e. The van der Waals surface area contributed by atoms with Gasteiger partial charge in [0.05, 0.1) is 12.2 Å². The van der Waals surface area contributed by atoms with Gasteiger partial charge in [0.1, 0.15) is 18.2 Å². The first-order chi connectivity index (χ1) is 15.5. The summed E-state index contributed by atoms with van der Waals surface area (Å²) in [6.07, 6.45) is 3.45. The number of carbonyl (C=O) groups excluding carboxylic acids is 1. The predicted octanol–water partition coefficient (Wildman–Crippen LogP) is 6.55. The van der Waals surface area contributed by atoms with Gasteiger partial charge in [0.2, 0.25) is 0 Å². The fourth-order valence-corrected chi connectivity index (χ4v) is 3.46. The van der Waals surface area contributed by atoms with Crippen LogP contribution in [0.5, 0.6) is 11.5 Å². The summed E-state index contributed by atoms with van der Waals surface area (Å²) in [6.45, 7) is 2.39. The van der Waals surface area contributed by atoms with Crippen molar-refractivity contribution in [2.24, 2.45) is 0 Å². The van der Waals surface area contributed by atoms with Crippen molar-refractivity contribution in [3.8, 4) is 11.5 Å². The largest absolute Gasteiger partial charge is 0.490 e. The Morgan fingerprint density at radius 3 is 2.53 bits per heavy atom. The Bertz CT molecular complexity index is 1200. The minimum atomic E-state index is -0.416. The van der Waals surface area contributed by atoms with Crippen LogP contribution < -0.4 is 9.47 Å². The average molecular weight is 495 g/mol. The highest BCUT2D eigenvalue weighted by Gasteiger charge is 2.22. The molecular formula is C26H20BrFO4. The molecule has 0 aromatic heterocycles. The van der Waals surface area contributed by atoms with E-state index < -0.39 is 5.97 Å². The summed E-state index contributed by atoms with van der Waals surface area (Å²) in [7, 11) is 0. The number of esters is 1. The zero-order valence-electron chi connectivity index (χ0n) is 17.3. The summed E-state index contributed by atoms with van der Waals surface area (Å²) >= 11 is 3.40. The Morgan fingerprint density at radius 1 is 1.00 bits per heavy atom. The number of rotatable bonds is 7. The zero-order chi connectivity index (χ0) is 22.5. The van der Waals surface area contributed by atoms with Crippen LogP contribution in [-0.4, -0.2) is 12.6 Å². The summed E-state index contributed by atoms with van der Waals surface area (Å²) in [4.78, 5) is 12.4. The molecule has 1 aliphatic rings. The molecule has 0 radical (unpaired) electrons. The molecule has 0 fully saturated rings. The van der Waals surface area contributed by atoms with Crippen LogP contribution in [0.3, 0.4) is 0 Å². The summed E-state index contributed by atoms with van der Waals surface area (Å²) in [5.41, 5.74) is 2.47. The molecule has 3 aromatic rings. The van der Waals surface area contributed by atoms with Gasteiger partial charge in [-0.2, -0.15) is 0 Å². The Balaban J connectivity index is 1.56. The van der Waals surface area contributed by atoms with E-state index in [4.69, 9.17) is 14.2 Å². The van der Waals surface area contributed by atoms with E-state index in [-0.39, 0.29) is 12.4 Å². The second kappa shape index (κ2) is 9.83. The summed E-state index contributed by atoms with van der Waals surface area (Å²) in [5, 5.41) is 0. The van der Waals surface area contributed by atoms with Crippen LogP contribution in [0.15, 0.2) is 82.9 Å². The second-order valence-corrected chi connectivity index (χ2v) is 7.94. The van der Waals surface area contributed by atoms with Gasteiger partial charge in [-0.1, -0.05) is 52.3 Å². The fourth-order valence-electron chi connectivity index (χ4n) is 3.20. The van der Waals surface area contributed by atoms with E-state index in [1.807, 2.05) is 37.3 Å². The number of carbonyl (C=O) groups is 1. The van der Waals surface area contributed by atoms with Gasteiger partial charge in [0.25, 0.3) is 0 Å². The Labute approximate surface area is 194 Å². The van der Waals surface area contributed by atoms with E-state index in [9.17, 15) is 9.18 Å². The molecule has 4 rings (SSSR count). The van der Waals surface area contributed by atoms with Crippen LogP contribution in [0.1, 0.15) is 23.6 Å². The lowest BCUT2D eigenvalue weighted by molar-refractivity contribution is -0.130. The van der Waals surface area contributed by atoms with Crippen molar-refractivity contribution in [2.45, 2.75) is 13.5 Å². The van der Waals surface area contributed by atoms with Gasteiger partial charge in [-0.25, -0.2) is 9.18 Å². The molecule has 162 valence electrons. The Morgan fingerprint density at radius 2 is 1.78 bits per heavy atom. The highest BCUT2D eigenvalue weighted by atomic mass is 79.9. The first-order valence-corrected chi connectivity index (χ1v) is 10.9. The molecule has 0 unspecified atom stereocenters. The maximum absolute atomic E-state index is 13.9. The monoisotopic (exact) mass is 494 g/mol. The lowest BCUT2D eigenvalue weighted by Crippen LogP contribution is -2.01. The van der Waals surface area contributed by atoms with Crippen LogP contribution in [0.2, 0.25) is 0 Å². The lowest BCUT2D eigenvalue weighted by Gasteiger charge is -2.13. The molecule has 0 saturated heterocycles. The molecule has 3 aromatic carbocycles. The summed E-state index contributed by atoms with van der Waals surface area (Å²) in [6, 6.07) is 19.3. The van der Waals surface area contributed by atoms with Crippen LogP contribution in [-0.2, 0) is 16.1 Å². The number of hydrogen-bond acceptors (Lipinski definition) is 4. The van der Waals surface area contributed by atoms with Crippen molar-refractivity contribution in [1.82, 2.24) is 0 Å². The SMILES string of the molecule is CCOc1cc(/C=C2\C=C(c3ccc(Br)cc3)OC2=O)ccc1OCc1ccccc1F. The van der Waals surface area contributed by atoms with Gasteiger partial charge in [-0.3, -0.25) is 0 Å². The van der Waals surface area contributed by atoms with Gasteiger partial charge >= 0.3 is 5.97 Å². The molecule has 1 heterocycles. The molecule has 0 spiro atoms. The highest BCUT2D eigenvalue weighted by molar-refractivity contribution is 9.10. The van der Waals surface area contributed by atoms with Crippen LogP contribution >= 0.6 is 15.9 Å². The number of benzene rings is 3. The normalized spacial score (nSPS) is 14.3. The fraction of sp³-hybridized carbons (Fsp3) is 0.115. The molecule has 32 heavy (non-hydrogen) atoms. The Hall–Kier alpha value is -3.38. The number of ether oxygens (including phenoxy) is 3. The van der Waals surface area contributed by atoms with E-state index in [1.165, 1.54) is 6.07 Å². The quantitative estimate of drug-likeness (QED) is 0.276. The Kier molecular flexibility index (Phi) is 6.71. The average Bonchev–Trinajstić information content (AvgIpc) is 3.15. The van der Waals surface area contributed by atoms with Crippen LogP contribution in [0, 0.1) is 5.82 Å². The third-order valence-electron chi connectivity index (χ3n) is 4.78. The van der Waals surface area contributed by atoms with Crippen molar-refractivity contribution < 1.29 is 23.4 Å². The van der Waals surface area contributed by atoms with Crippen molar-refractivity contribution in [1.29, 1.82) is 0 Å². The van der Waals surface area contributed by atoms with Crippen LogP contribution in [0.4, 0.5) is 4.39 Å². The summed E-state index contributed by atoms with van der Waals surface area (Å²) < 4.78 is 31.7. The van der Waals surface area contributed by atoms with E-state index in [0.717, 1.165) is 15.6 Å². The lowest BCUT2D eigenvalue weighted by atomic mass is 10.1. The zero-order valence-corrected chi connectivity index (χ0v) is 18.9. The molecule has 0 aliphatic carbocycles. The molecule has 0 amide bonds. The second-order valence-electron chi connectivity index (χ2n) is 7.02.